The molecule has 2 aromatic rings. The number of hydrogen-bond acceptors (Lipinski definition) is 3. The molecule has 0 spiro atoms. The fourth-order valence-electron chi connectivity index (χ4n) is 1.83. The summed E-state index contributed by atoms with van der Waals surface area (Å²) in [6.07, 6.45) is 0. The summed E-state index contributed by atoms with van der Waals surface area (Å²) in [7, 11) is 0. The molecule has 2 rings (SSSR count). The van der Waals surface area contributed by atoms with Crippen LogP contribution in [0.4, 0.5) is 4.39 Å². The minimum absolute atomic E-state index is 0.0876. The molecule has 0 aliphatic carbocycles. The highest BCUT2D eigenvalue weighted by Gasteiger charge is 2.14. The Hall–Kier alpha value is -2.17. The Morgan fingerprint density at radius 3 is 2.55 bits per heavy atom. The van der Waals surface area contributed by atoms with Crippen molar-refractivity contribution in [3.63, 3.8) is 0 Å². The van der Waals surface area contributed by atoms with E-state index in [2.05, 4.69) is 5.10 Å². The van der Waals surface area contributed by atoms with Crippen LogP contribution in [0.5, 0.6) is 5.75 Å². The highest BCUT2D eigenvalue weighted by atomic mass is 19.1. The van der Waals surface area contributed by atoms with Crippen molar-refractivity contribution in [2.75, 3.05) is 0 Å². The molecule has 0 aliphatic rings. The van der Waals surface area contributed by atoms with Crippen LogP contribution < -0.4 is 5.56 Å². The Labute approximate surface area is 116 Å². The normalized spacial score (nSPS) is 11.6. The summed E-state index contributed by atoms with van der Waals surface area (Å²) in [5.74, 6) is -1.12. The number of nitrogens with zero attached hydrogens (tertiary/aromatic N) is 2. The van der Waals surface area contributed by atoms with Crippen LogP contribution >= 0.6 is 0 Å². The number of halogens is 1. The van der Waals surface area contributed by atoms with E-state index >= 15 is 0 Å². The van der Waals surface area contributed by atoms with E-state index in [1.807, 2.05) is 20.8 Å². The molecular formula is C15H17FN2O2. The molecule has 0 unspecified atom stereocenters. The number of benzene rings is 1. The predicted molar refractivity (Wildman–Crippen MR) is 75.0 cm³/mol. The van der Waals surface area contributed by atoms with Gasteiger partial charge in [-0.25, -0.2) is 9.07 Å². The standard InChI is InChI=1S/C15H17FN2O2/c1-15(2,3)9-18-14(20)7-5-12(17-18)10-4-6-13(19)11(16)8-10/h4-8,19H,9H2,1-3H3. The van der Waals surface area contributed by atoms with Gasteiger partial charge < -0.3 is 5.11 Å². The zero-order chi connectivity index (χ0) is 14.9. The predicted octanol–water partition coefficient (Wildman–Crippen LogP) is 2.80. The molecule has 1 heterocycles. The molecule has 0 fully saturated rings. The molecule has 0 bridgehead atoms. The Kier molecular flexibility index (Phi) is 3.61. The van der Waals surface area contributed by atoms with Gasteiger partial charge in [-0.05, 0) is 29.7 Å². The van der Waals surface area contributed by atoms with Crippen molar-refractivity contribution in [1.82, 2.24) is 9.78 Å². The van der Waals surface area contributed by atoms with Crippen LogP contribution in [0.15, 0.2) is 35.1 Å². The summed E-state index contributed by atoms with van der Waals surface area (Å²) in [6.45, 7) is 6.50. The third kappa shape index (κ3) is 3.23. The van der Waals surface area contributed by atoms with Crippen LogP contribution in [0, 0.1) is 11.2 Å². The topological polar surface area (TPSA) is 55.1 Å². The van der Waals surface area contributed by atoms with Crippen LogP contribution in [-0.2, 0) is 6.54 Å². The molecule has 5 heteroatoms. The van der Waals surface area contributed by atoms with Crippen molar-refractivity contribution < 1.29 is 9.50 Å². The third-order valence-electron chi connectivity index (χ3n) is 2.73. The van der Waals surface area contributed by atoms with Crippen molar-refractivity contribution in [1.29, 1.82) is 0 Å². The Bertz CT molecular complexity index is 687. The van der Waals surface area contributed by atoms with Crippen molar-refractivity contribution in [3.8, 4) is 17.0 Å². The molecule has 1 aromatic carbocycles. The van der Waals surface area contributed by atoms with E-state index in [9.17, 15) is 14.3 Å². The van der Waals surface area contributed by atoms with Crippen LogP contribution in [0.25, 0.3) is 11.3 Å². The van der Waals surface area contributed by atoms with Crippen molar-refractivity contribution in [3.05, 3.63) is 46.5 Å². The molecule has 0 saturated carbocycles. The van der Waals surface area contributed by atoms with E-state index in [0.717, 1.165) is 0 Å². The molecule has 4 nitrogen and oxygen atoms in total. The monoisotopic (exact) mass is 276 g/mol. The van der Waals surface area contributed by atoms with Gasteiger partial charge in [-0.1, -0.05) is 20.8 Å². The summed E-state index contributed by atoms with van der Waals surface area (Å²) >= 11 is 0. The highest BCUT2D eigenvalue weighted by Crippen LogP contribution is 2.23. The van der Waals surface area contributed by atoms with Gasteiger partial charge in [0.15, 0.2) is 11.6 Å². The second-order valence-electron chi connectivity index (χ2n) is 5.94. The minimum atomic E-state index is -0.710. The summed E-state index contributed by atoms with van der Waals surface area (Å²) in [4.78, 5) is 11.8. The first-order valence-electron chi connectivity index (χ1n) is 6.33. The van der Waals surface area contributed by atoms with Gasteiger partial charge in [0.25, 0.3) is 5.56 Å². The van der Waals surface area contributed by atoms with E-state index in [1.165, 1.54) is 22.9 Å². The van der Waals surface area contributed by atoms with Gasteiger partial charge in [-0.3, -0.25) is 4.79 Å². The maximum atomic E-state index is 13.4. The zero-order valence-corrected chi connectivity index (χ0v) is 11.7. The fourth-order valence-corrected chi connectivity index (χ4v) is 1.83. The zero-order valence-electron chi connectivity index (χ0n) is 11.7. The van der Waals surface area contributed by atoms with Crippen molar-refractivity contribution in [2.24, 2.45) is 5.41 Å². The van der Waals surface area contributed by atoms with Crippen LogP contribution in [0.3, 0.4) is 0 Å². The van der Waals surface area contributed by atoms with Gasteiger partial charge in [-0.2, -0.15) is 5.10 Å². The maximum absolute atomic E-state index is 13.4. The first-order chi connectivity index (χ1) is 9.26. The molecule has 1 aromatic heterocycles. The SMILES string of the molecule is CC(C)(C)Cn1nc(-c2ccc(O)c(F)c2)ccc1=O. The highest BCUT2D eigenvalue weighted by molar-refractivity contribution is 5.59. The molecule has 0 saturated heterocycles. The minimum Gasteiger partial charge on any atom is -0.505 e. The molecule has 0 radical (unpaired) electrons. The molecule has 20 heavy (non-hydrogen) atoms. The van der Waals surface area contributed by atoms with Gasteiger partial charge in [0.2, 0.25) is 0 Å². The number of hydrogen-bond donors (Lipinski definition) is 1. The van der Waals surface area contributed by atoms with Gasteiger partial charge in [0.05, 0.1) is 5.69 Å². The van der Waals surface area contributed by atoms with Gasteiger partial charge >= 0.3 is 0 Å². The van der Waals surface area contributed by atoms with E-state index in [-0.39, 0.29) is 11.0 Å². The Morgan fingerprint density at radius 1 is 1.25 bits per heavy atom. The second kappa shape index (κ2) is 5.07. The quantitative estimate of drug-likeness (QED) is 0.917. The van der Waals surface area contributed by atoms with Gasteiger partial charge in [-0.15, -0.1) is 0 Å². The second-order valence-corrected chi connectivity index (χ2v) is 5.94. The number of aromatic hydroxyl groups is 1. The Balaban J connectivity index is 2.45. The van der Waals surface area contributed by atoms with E-state index in [0.29, 0.717) is 17.8 Å². The molecule has 0 amide bonds. The lowest BCUT2D eigenvalue weighted by molar-refractivity contribution is 0.317. The number of rotatable bonds is 2. The number of phenolic OH excluding ortho intramolecular Hbond substituents is 1. The molecule has 1 N–H and O–H groups in total. The average molecular weight is 276 g/mol. The van der Waals surface area contributed by atoms with Crippen LogP contribution in [-0.4, -0.2) is 14.9 Å². The first-order valence-corrected chi connectivity index (χ1v) is 6.33. The first kappa shape index (κ1) is 14.2. The lowest BCUT2D eigenvalue weighted by atomic mass is 9.97. The fraction of sp³-hybridized carbons (Fsp3) is 0.333. The average Bonchev–Trinajstić information content (AvgIpc) is 2.34. The molecule has 0 aliphatic heterocycles. The third-order valence-corrected chi connectivity index (χ3v) is 2.73. The van der Waals surface area contributed by atoms with E-state index in [4.69, 9.17) is 0 Å². The summed E-state index contributed by atoms with van der Waals surface area (Å²) in [6, 6.07) is 6.99. The number of phenols is 1. The van der Waals surface area contributed by atoms with Crippen molar-refractivity contribution in [2.45, 2.75) is 27.3 Å². The molecule has 106 valence electrons. The van der Waals surface area contributed by atoms with E-state index in [1.54, 1.807) is 12.1 Å². The largest absolute Gasteiger partial charge is 0.505 e. The van der Waals surface area contributed by atoms with Gasteiger partial charge in [0.1, 0.15) is 0 Å². The molecular weight excluding hydrogens is 259 g/mol. The van der Waals surface area contributed by atoms with Crippen LogP contribution in [0.1, 0.15) is 20.8 Å². The lowest BCUT2D eigenvalue weighted by Crippen LogP contribution is -2.28. The lowest BCUT2D eigenvalue weighted by Gasteiger charge is -2.19. The summed E-state index contributed by atoms with van der Waals surface area (Å²) in [5, 5.41) is 13.4. The van der Waals surface area contributed by atoms with Gasteiger partial charge in [0, 0.05) is 18.2 Å². The van der Waals surface area contributed by atoms with Crippen LogP contribution in [0.2, 0.25) is 0 Å². The Morgan fingerprint density at radius 2 is 1.95 bits per heavy atom. The summed E-state index contributed by atoms with van der Waals surface area (Å²) < 4.78 is 14.7. The number of aromatic nitrogens is 2. The van der Waals surface area contributed by atoms with Crippen molar-refractivity contribution >= 4 is 0 Å². The van der Waals surface area contributed by atoms with E-state index < -0.39 is 11.6 Å². The maximum Gasteiger partial charge on any atom is 0.266 e. The summed E-state index contributed by atoms with van der Waals surface area (Å²) in [5.41, 5.74) is 0.731. The smallest absolute Gasteiger partial charge is 0.266 e. The molecule has 0 atom stereocenters.